The lowest BCUT2D eigenvalue weighted by molar-refractivity contribution is -0.113. The van der Waals surface area contributed by atoms with E-state index in [1.807, 2.05) is 0 Å². The van der Waals surface area contributed by atoms with Crippen LogP contribution in [0.25, 0.3) is 0 Å². The second kappa shape index (κ2) is 7.43. The van der Waals surface area contributed by atoms with E-state index in [4.69, 9.17) is 11.6 Å². The Hall–Kier alpha value is -1.59. The van der Waals surface area contributed by atoms with Gasteiger partial charge in [0.1, 0.15) is 11.6 Å². The molecule has 2 aromatic rings. The molecule has 2 rings (SSSR count). The van der Waals surface area contributed by atoms with Gasteiger partial charge < -0.3 is 5.32 Å². The van der Waals surface area contributed by atoms with Crippen molar-refractivity contribution in [3.05, 3.63) is 64.7 Å². The molecular weight excluding hydrogens is 316 g/mol. The Kier molecular flexibility index (Phi) is 5.59. The third kappa shape index (κ3) is 4.72. The van der Waals surface area contributed by atoms with E-state index in [0.29, 0.717) is 16.3 Å². The molecule has 6 heteroatoms. The molecule has 0 fully saturated rings. The van der Waals surface area contributed by atoms with Gasteiger partial charge in [0.25, 0.3) is 0 Å². The van der Waals surface area contributed by atoms with Crippen molar-refractivity contribution < 1.29 is 13.6 Å². The molecule has 0 aliphatic rings. The van der Waals surface area contributed by atoms with Crippen LogP contribution >= 0.6 is 23.4 Å². The topological polar surface area (TPSA) is 29.1 Å². The fourth-order valence-electron chi connectivity index (χ4n) is 1.64. The van der Waals surface area contributed by atoms with Gasteiger partial charge in [0.05, 0.1) is 11.4 Å². The molecule has 2 nitrogen and oxygen atoms in total. The molecule has 0 saturated carbocycles. The van der Waals surface area contributed by atoms with Crippen molar-refractivity contribution in [3.8, 4) is 0 Å². The molecule has 110 valence electrons. The summed E-state index contributed by atoms with van der Waals surface area (Å²) in [4.78, 5) is 11.7. The number of carbonyl (C=O) groups excluding carboxylic acids is 1. The third-order valence-corrected chi connectivity index (χ3v) is 3.87. The SMILES string of the molecule is O=C(CSCc1ccc(Cl)cc1F)Nc1ccccc1F. The van der Waals surface area contributed by atoms with Gasteiger partial charge in [-0.3, -0.25) is 4.79 Å². The minimum Gasteiger partial charge on any atom is -0.323 e. The number of hydrogen-bond acceptors (Lipinski definition) is 2. The summed E-state index contributed by atoms with van der Waals surface area (Å²) < 4.78 is 26.9. The first-order valence-electron chi connectivity index (χ1n) is 6.12. The number of rotatable bonds is 5. The maximum Gasteiger partial charge on any atom is 0.234 e. The van der Waals surface area contributed by atoms with Crippen LogP contribution in [0.3, 0.4) is 0 Å². The lowest BCUT2D eigenvalue weighted by Crippen LogP contribution is -2.15. The molecule has 0 atom stereocenters. The van der Waals surface area contributed by atoms with E-state index >= 15 is 0 Å². The van der Waals surface area contributed by atoms with Crippen LogP contribution in [0, 0.1) is 11.6 Å². The van der Waals surface area contributed by atoms with Gasteiger partial charge in [-0.05, 0) is 29.8 Å². The number of amides is 1. The highest BCUT2D eigenvalue weighted by Crippen LogP contribution is 2.20. The maximum absolute atomic E-state index is 13.5. The van der Waals surface area contributed by atoms with Crippen molar-refractivity contribution >= 4 is 35.0 Å². The molecule has 0 saturated heterocycles. The fourth-order valence-corrected chi connectivity index (χ4v) is 2.61. The van der Waals surface area contributed by atoms with Gasteiger partial charge >= 0.3 is 0 Å². The zero-order valence-electron chi connectivity index (χ0n) is 10.9. The highest BCUT2D eigenvalue weighted by Gasteiger charge is 2.08. The summed E-state index contributed by atoms with van der Waals surface area (Å²) in [5.41, 5.74) is 0.615. The number of hydrogen-bond donors (Lipinski definition) is 1. The quantitative estimate of drug-likeness (QED) is 0.876. The average Bonchev–Trinajstić information content (AvgIpc) is 2.44. The van der Waals surface area contributed by atoms with Gasteiger partial charge in [-0.25, -0.2) is 8.78 Å². The fraction of sp³-hybridized carbons (Fsp3) is 0.133. The van der Waals surface area contributed by atoms with Gasteiger partial charge in [-0.1, -0.05) is 29.8 Å². The largest absolute Gasteiger partial charge is 0.323 e. The smallest absolute Gasteiger partial charge is 0.234 e. The van der Waals surface area contributed by atoms with Crippen LogP contribution in [-0.2, 0) is 10.5 Å². The third-order valence-electron chi connectivity index (χ3n) is 2.65. The summed E-state index contributed by atoms with van der Waals surface area (Å²) in [6.45, 7) is 0. The molecule has 21 heavy (non-hydrogen) atoms. The van der Waals surface area contributed by atoms with E-state index in [1.54, 1.807) is 24.3 Å². The number of carbonyl (C=O) groups is 1. The summed E-state index contributed by atoms with van der Waals surface area (Å²) in [5, 5.41) is 2.80. The zero-order chi connectivity index (χ0) is 15.2. The van der Waals surface area contributed by atoms with Crippen LogP contribution in [-0.4, -0.2) is 11.7 Å². The molecule has 0 heterocycles. The Morgan fingerprint density at radius 1 is 1.14 bits per heavy atom. The Morgan fingerprint density at radius 2 is 1.90 bits per heavy atom. The monoisotopic (exact) mass is 327 g/mol. The van der Waals surface area contributed by atoms with E-state index in [9.17, 15) is 13.6 Å². The van der Waals surface area contributed by atoms with Crippen LogP contribution in [0.2, 0.25) is 5.02 Å². The van der Waals surface area contributed by atoms with Crippen molar-refractivity contribution in [1.29, 1.82) is 0 Å². The molecule has 0 aliphatic heterocycles. The van der Waals surface area contributed by atoms with E-state index in [2.05, 4.69) is 5.32 Å². The van der Waals surface area contributed by atoms with E-state index in [0.717, 1.165) is 0 Å². The highest BCUT2D eigenvalue weighted by molar-refractivity contribution is 7.99. The van der Waals surface area contributed by atoms with Crippen LogP contribution in [0.4, 0.5) is 14.5 Å². The summed E-state index contributed by atoms with van der Waals surface area (Å²) in [5.74, 6) is -0.770. The van der Waals surface area contributed by atoms with Gasteiger partial charge in [0, 0.05) is 10.8 Å². The first kappa shape index (κ1) is 15.8. The zero-order valence-corrected chi connectivity index (χ0v) is 12.5. The van der Waals surface area contributed by atoms with Gasteiger partial charge in [-0.2, -0.15) is 0 Å². The summed E-state index contributed by atoms with van der Waals surface area (Å²) in [6.07, 6.45) is 0. The average molecular weight is 328 g/mol. The number of para-hydroxylation sites is 1. The Bertz CT molecular complexity index is 651. The highest BCUT2D eigenvalue weighted by atomic mass is 35.5. The predicted octanol–water partition coefficient (Wildman–Crippen LogP) is 4.49. The first-order valence-corrected chi connectivity index (χ1v) is 7.65. The standard InChI is InChI=1S/C15H12ClF2NOS/c16-11-6-5-10(13(18)7-11)8-21-9-15(20)19-14-4-2-1-3-12(14)17/h1-7H,8-9H2,(H,19,20). The minimum absolute atomic E-state index is 0.108. The molecule has 0 bridgehead atoms. The number of nitrogens with one attached hydrogen (secondary N) is 1. The predicted molar refractivity (Wildman–Crippen MR) is 82.6 cm³/mol. The van der Waals surface area contributed by atoms with Crippen LogP contribution in [0.1, 0.15) is 5.56 Å². The number of benzene rings is 2. The van der Waals surface area contributed by atoms with Crippen molar-refractivity contribution in [1.82, 2.24) is 0 Å². The van der Waals surface area contributed by atoms with Gasteiger partial charge in [0.2, 0.25) is 5.91 Å². The lowest BCUT2D eigenvalue weighted by atomic mass is 10.2. The molecular formula is C15H12ClF2NOS. The first-order chi connectivity index (χ1) is 10.1. The summed E-state index contributed by atoms with van der Waals surface area (Å²) in [7, 11) is 0. The molecule has 0 unspecified atom stereocenters. The van der Waals surface area contributed by atoms with Gasteiger partial charge in [-0.15, -0.1) is 11.8 Å². The maximum atomic E-state index is 13.5. The Labute approximate surface area is 130 Å². The van der Waals surface area contributed by atoms with Crippen LogP contribution in [0.15, 0.2) is 42.5 Å². The van der Waals surface area contributed by atoms with Crippen molar-refractivity contribution in [2.24, 2.45) is 0 Å². The van der Waals surface area contributed by atoms with Crippen LogP contribution < -0.4 is 5.32 Å². The normalized spacial score (nSPS) is 10.4. The lowest BCUT2D eigenvalue weighted by Gasteiger charge is -2.06. The molecule has 0 aliphatic carbocycles. The molecule has 0 radical (unpaired) electrons. The van der Waals surface area contributed by atoms with E-state index in [1.165, 1.54) is 30.0 Å². The van der Waals surface area contributed by atoms with E-state index in [-0.39, 0.29) is 17.3 Å². The van der Waals surface area contributed by atoms with Crippen molar-refractivity contribution in [3.63, 3.8) is 0 Å². The Morgan fingerprint density at radius 3 is 2.62 bits per heavy atom. The minimum atomic E-state index is -0.486. The molecule has 0 spiro atoms. The summed E-state index contributed by atoms with van der Waals surface area (Å²) >= 11 is 6.90. The second-order valence-corrected chi connectivity index (χ2v) is 5.68. The van der Waals surface area contributed by atoms with Crippen LogP contribution in [0.5, 0.6) is 0 Å². The molecule has 0 aromatic heterocycles. The number of anilines is 1. The molecule has 2 aromatic carbocycles. The molecule has 1 N–H and O–H groups in total. The van der Waals surface area contributed by atoms with E-state index < -0.39 is 11.6 Å². The number of thioether (sulfide) groups is 1. The van der Waals surface area contributed by atoms with Crippen molar-refractivity contribution in [2.45, 2.75) is 5.75 Å². The summed E-state index contributed by atoms with van der Waals surface area (Å²) in [6, 6.07) is 10.3. The molecule has 1 amide bonds. The Balaban J connectivity index is 1.83. The van der Waals surface area contributed by atoms with Gasteiger partial charge in [0.15, 0.2) is 0 Å². The second-order valence-electron chi connectivity index (χ2n) is 4.26. The van der Waals surface area contributed by atoms with Crippen molar-refractivity contribution in [2.75, 3.05) is 11.1 Å². The number of halogens is 3.